The number of carbonyl (C=O) groups is 1. The van der Waals surface area contributed by atoms with Crippen LogP contribution in [0.5, 0.6) is 0 Å². The molecule has 1 amide bonds. The number of rotatable bonds is 5. The van der Waals surface area contributed by atoms with Gasteiger partial charge < -0.3 is 10.0 Å². The second-order valence-electron chi connectivity index (χ2n) is 4.87. The average molecular weight is 292 g/mol. The maximum atomic E-state index is 14.1. The van der Waals surface area contributed by atoms with Gasteiger partial charge in [-0.1, -0.05) is 0 Å². The van der Waals surface area contributed by atoms with Crippen LogP contribution < -0.4 is 0 Å². The van der Waals surface area contributed by atoms with Gasteiger partial charge in [-0.3, -0.25) is 4.79 Å². The van der Waals surface area contributed by atoms with Gasteiger partial charge in [-0.05, 0) is 31.5 Å². The van der Waals surface area contributed by atoms with Crippen molar-refractivity contribution < 1.29 is 14.3 Å². The van der Waals surface area contributed by atoms with Crippen molar-refractivity contribution in [3.8, 4) is 5.69 Å². The van der Waals surface area contributed by atoms with Gasteiger partial charge in [-0.15, -0.1) is 0 Å². The van der Waals surface area contributed by atoms with Gasteiger partial charge in [-0.25, -0.2) is 14.1 Å². The lowest BCUT2D eigenvalue weighted by Gasteiger charge is -2.18. The number of halogens is 1. The highest BCUT2D eigenvalue weighted by molar-refractivity contribution is 5.94. The molecule has 1 atom stereocenters. The Bertz CT molecular complexity index is 613. The Balaban J connectivity index is 2.14. The number of aliphatic hydroxyl groups is 1. The summed E-state index contributed by atoms with van der Waals surface area (Å²) >= 11 is 0. The van der Waals surface area contributed by atoms with E-state index >= 15 is 0 Å². The highest BCUT2D eigenvalue weighted by Gasteiger charge is 2.15. The molecule has 2 aromatic rings. The monoisotopic (exact) mass is 292 g/mol. The lowest BCUT2D eigenvalue weighted by molar-refractivity contribution is 0.0768. The Labute approximate surface area is 121 Å². The normalized spacial score (nSPS) is 12.2. The van der Waals surface area contributed by atoms with E-state index in [1.165, 1.54) is 34.4 Å². The Kier molecular flexibility index (Phi) is 4.64. The predicted octanol–water partition coefficient (Wildman–Crippen LogP) is 1.25. The van der Waals surface area contributed by atoms with E-state index in [2.05, 4.69) is 10.1 Å². The number of aliphatic hydroxyl groups excluding tert-OH is 1. The molecule has 7 heteroatoms. The third-order valence-electron chi connectivity index (χ3n) is 3.09. The molecule has 21 heavy (non-hydrogen) atoms. The van der Waals surface area contributed by atoms with Crippen LogP contribution in [0.4, 0.5) is 4.39 Å². The Morgan fingerprint density at radius 2 is 2.29 bits per heavy atom. The van der Waals surface area contributed by atoms with Gasteiger partial charge in [0.1, 0.15) is 24.2 Å². The van der Waals surface area contributed by atoms with Crippen molar-refractivity contribution in [3.05, 3.63) is 42.2 Å². The lowest BCUT2D eigenvalue weighted by Crippen LogP contribution is -2.29. The van der Waals surface area contributed by atoms with E-state index in [0.29, 0.717) is 13.0 Å². The van der Waals surface area contributed by atoms with E-state index in [9.17, 15) is 14.3 Å². The molecule has 1 unspecified atom stereocenters. The number of hydrogen-bond donors (Lipinski definition) is 1. The van der Waals surface area contributed by atoms with Gasteiger partial charge in [0.25, 0.3) is 5.91 Å². The zero-order chi connectivity index (χ0) is 15.4. The summed E-state index contributed by atoms with van der Waals surface area (Å²) in [5.74, 6) is -0.838. The van der Waals surface area contributed by atoms with E-state index < -0.39 is 11.9 Å². The third-order valence-corrected chi connectivity index (χ3v) is 3.09. The van der Waals surface area contributed by atoms with Crippen molar-refractivity contribution in [2.24, 2.45) is 0 Å². The molecule has 0 aliphatic heterocycles. The molecule has 0 aliphatic carbocycles. The van der Waals surface area contributed by atoms with Crippen molar-refractivity contribution >= 4 is 5.91 Å². The van der Waals surface area contributed by atoms with Crippen molar-refractivity contribution in [1.29, 1.82) is 0 Å². The first kappa shape index (κ1) is 15.1. The molecule has 0 bridgehead atoms. The molecule has 0 spiro atoms. The van der Waals surface area contributed by atoms with Gasteiger partial charge in [0.2, 0.25) is 0 Å². The fourth-order valence-corrected chi connectivity index (χ4v) is 1.86. The second kappa shape index (κ2) is 6.45. The third kappa shape index (κ3) is 3.63. The summed E-state index contributed by atoms with van der Waals surface area (Å²) < 4.78 is 15.3. The molecular weight excluding hydrogens is 275 g/mol. The summed E-state index contributed by atoms with van der Waals surface area (Å²) in [5.41, 5.74) is 0.486. The summed E-state index contributed by atoms with van der Waals surface area (Å²) in [4.78, 5) is 17.4. The van der Waals surface area contributed by atoms with Crippen LogP contribution in [0.3, 0.4) is 0 Å². The highest BCUT2D eigenvalue weighted by atomic mass is 19.1. The van der Waals surface area contributed by atoms with E-state index in [1.807, 2.05) is 0 Å². The van der Waals surface area contributed by atoms with Gasteiger partial charge in [0.15, 0.2) is 0 Å². The first-order valence-electron chi connectivity index (χ1n) is 6.57. The lowest BCUT2D eigenvalue weighted by atomic mass is 10.1. The van der Waals surface area contributed by atoms with Crippen molar-refractivity contribution in [2.45, 2.75) is 19.4 Å². The molecule has 0 radical (unpaired) electrons. The predicted molar refractivity (Wildman–Crippen MR) is 74.6 cm³/mol. The summed E-state index contributed by atoms with van der Waals surface area (Å²) in [5, 5.41) is 13.1. The minimum Gasteiger partial charge on any atom is -0.393 e. The number of amides is 1. The van der Waals surface area contributed by atoms with Crippen molar-refractivity contribution in [2.75, 3.05) is 13.6 Å². The Morgan fingerprint density at radius 3 is 2.86 bits per heavy atom. The van der Waals surface area contributed by atoms with Gasteiger partial charge in [-0.2, -0.15) is 5.10 Å². The minimum absolute atomic E-state index is 0.232. The van der Waals surface area contributed by atoms with Crippen LogP contribution in [0, 0.1) is 5.82 Å². The number of carbonyl (C=O) groups excluding carboxylic acids is 1. The molecule has 1 heterocycles. The van der Waals surface area contributed by atoms with E-state index in [4.69, 9.17) is 0 Å². The molecule has 0 fully saturated rings. The van der Waals surface area contributed by atoms with Crippen LogP contribution in [0.25, 0.3) is 5.69 Å². The van der Waals surface area contributed by atoms with E-state index in [0.717, 1.165) is 0 Å². The summed E-state index contributed by atoms with van der Waals surface area (Å²) in [6.45, 7) is 2.06. The fraction of sp³-hybridized carbons (Fsp3) is 0.357. The quantitative estimate of drug-likeness (QED) is 0.900. The number of benzene rings is 1. The van der Waals surface area contributed by atoms with E-state index in [-0.39, 0.29) is 17.2 Å². The van der Waals surface area contributed by atoms with Crippen LogP contribution in [-0.4, -0.2) is 50.4 Å². The van der Waals surface area contributed by atoms with Crippen LogP contribution >= 0.6 is 0 Å². The SMILES string of the molecule is CC(O)CCN(C)C(=O)c1ccc(-n2cncn2)c(F)c1. The smallest absolute Gasteiger partial charge is 0.253 e. The first-order chi connectivity index (χ1) is 9.99. The summed E-state index contributed by atoms with van der Waals surface area (Å²) in [7, 11) is 1.62. The standard InChI is InChI=1S/C14H17FN4O2/c1-10(20)5-6-18(2)14(21)11-3-4-13(12(15)7-11)19-9-16-8-17-19/h3-4,7-10,20H,5-6H2,1-2H3. The molecule has 0 saturated carbocycles. The summed E-state index contributed by atoms with van der Waals surface area (Å²) in [6, 6.07) is 4.21. The van der Waals surface area contributed by atoms with Crippen LogP contribution in [0.2, 0.25) is 0 Å². The molecule has 112 valence electrons. The zero-order valence-corrected chi connectivity index (χ0v) is 11.9. The molecule has 0 saturated heterocycles. The molecule has 2 rings (SSSR count). The summed E-state index contributed by atoms with van der Waals surface area (Å²) in [6.07, 6.45) is 2.69. The van der Waals surface area contributed by atoms with Gasteiger partial charge in [0, 0.05) is 19.2 Å². The molecule has 0 aliphatic rings. The molecule has 1 N–H and O–H groups in total. The molecular formula is C14H17FN4O2. The van der Waals surface area contributed by atoms with Crippen LogP contribution in [-0.2, 0) is 0 Å². The number of nitrogens with zero attached hydrogens (tertiary/aromatic N) is 4. The van der Waals surface area contributed by atoms with E-state index in [1.54, 1.807) is 20.0 Å². The molecule has 6 nitrogen and oxygen atoms in total. The maximum absolute atomic E-state index is 14.1. The number of hydrogen-bond acceptors (Lipinski definition) is 4. The van der Waals surface area contributed by atoms with Crippen molar-refractivity contribution in [1.82, 2.24) is 19.7 Å². The highest BCUT2D eigenvalue weighted by Crippen LogP contribution is 2.15. The van der Waals surface area contributed by atoms with Crippen LogP contribution in [0.15, 0.2) is 30.9 Å². The Morgan fingerprint density at radius 1 is 1.52 bits per heavy atom. The molecule has 1 aromatic heterocycles. The fourth-order valence-electron chi connectivity index (χ4n) is 1.86. The largest absolute Gasteiger partial charge is 0.393 e. The Hall–Kier alpha value is -2.28. The van der Waals surface area contributed by atoms with Gasteiger partial charge in [0.05, 0.1) is 6.10 Å². The van der Waals surface area contributed by atoms with Crippen LogP contribution in [0.1, 0.15) is 23.7 Å². The minimum atomic E-state index is -0.546. The topological polar surface area (TPSA) is 71.2 Å². The van der Waals surface area contributed by atoms with Crippen molar-refractivity contribution in [3.63, 3.8) is 0 Å². The van der Waals surface area contributed by atoms with Gasteiger partial charge >= 0.3 is 0 Å². The maximum Gasteiger partial charge on any atom is 0.253 e. The average Bonchev–Trinajstić information content (AvgIpc) is 2.97. The second-order valence-corrected chi connectivity index (χ2v) is 4.87. The first-order valence-corrected chi connectivity index (χ1v) is 6.57. The zero-order valence-electron chi connectivity index (χ0n) is 11.9. The number of aromatic nitrogens is 3. The molecule has 1 aromatic carbocycles.